The third kappa shape index (κ3) is 5.79. The first-order valence-electron chi connectivity index (χ1n) is 7.52. The first-order chi connectivity index (χ1) is 11.2. The van der Waals surface area contributed by atoms with Crippen LogP contribution in [0.15, 0.2) is 42.6 Å². The van der Waals surface area contributed by atoms with E-state index in [0.717, 1.165) is 17.5 Å². The number of amides is 2. The molecule has 0 radical (unpaired) electrons. The molecule has 2 N–H and O–H groups in total. The van der Waals surface area contributed by atoms with Crippen LogP contribution in [-0.4, -0.2) is 24.2 Å². The van der Waals surface area contributed by atoms with Crippen molar-refractivity contribution in [3.05, 3.63) is 58.7 Å². The van der Waals surface area contributed by atoms with Crippen LogP contribution in [0.25, 0.3) is 0 Å². The fraction of sp³-hybridized carbons (Fsp3) is 0.294. The van der Waals surface area contributed by atoms with Crippen LogP contribution in [0.5, 0.6) is 5.88 Å². The summed E-state index contributed by atoms with van der Waals surface area (Å²) >= 11 is 5.93. The molecule has 0 unspecified atom stereocenters. The second-order valence-electron chi connectivity index (χ2n) is 4.89. The quantitative estimate of drug-likeness (QED) is 0.818. The molecule has 0 aliphatic carbocycles. The van der Waals surface area contributed by atoms with Gasteiger partial charge in [-0.25, -0.2) is 9.78 Å². The van der Waals surface area contributed by atoms with Crippen LogP contribution in [0.1, 0.15) is 18.1 Å². The minimum Gasteiger partial charge on any atom is -0.478 e. The number of halogens is 1. The van der Waals surface area contributed by atoms with Crippen molar-refractivity contribution in [1.82, 2.24) is 15.6 Å². The molecule has 0 saturated heterocycles. The summed E-state index contributed by atoms with van der Waals surface area (Å²) in [6, 6.07) is 11.1. The fourth-order valence-electron chi connectivity index (χ4n) is 2.08. The Bertz CT molecular complexity index is 649. The van der Waals surface area contributed by atoms with E-state index in [0.29, 0.717) is 30.6 Å². The number of rotatable bonds is 7. The third-order valence-corrected chi connectivity index (χ3v) is 3.39. The average molecular weight is 334 g/mol. The lowest BCUT2D eigenvalue weighted by atomic mass is 10.1. The average Bonchev–Trinajstić information content (AvgIpc) is 2.54. The van der Waals surface area contributed by atoms with Gasteiger partial charge in [0.15, 0.2) is 0 Å². The number of carbonyl (C=O) groups is 1. The van der Waals surface area contributed by atoms with Crippen LogP contribution in [0.4, 0.5) is 4.79 Å². The van der Waals surface area contributed by atoms with Gasteiger partial charge in [0.05, 0.1) is 6.61 Å². The molecule has 0 spiro atoms. The third-order valence-electron chi connectivity index (χ3n) is 3.16. The van der Waals surface area contributed by atoms with Crippen molar-refractivity contribution in [3.63, 3.8) is 0 Å². The molecule has 23 heavy (non-hydrogen) atoms. The van der Waals surface area contributed by atoms with E-state index in [1.165, 1.54) is 0 Å². The summed E-state index contributed by atoms with van der Waals surface area (Å²) < 4.78 is 5.42. The molecule has 2 rings (SSSR count). The summed E-state index contributed by atoms with van der Waals surface area (Å²) in [6.07, 6.45) is 2.39. The molecule has 0 bridgehead atoms. The number of pyridine rings is 1. The second kappa shape index (κ2) is 9.00. The van der Waals surface area contributed by atoms with Gasteiger partial charge < -0.3 is 15.4 Å². The molecule has 1 aromatic carbocycles. The van der Waals surface area contributed by atoms with Crippen LogP contribution in [0.3, 0.4) is 0 Å². The largest absolute Gasteiger partial charge is 0.478 e. The summed E-state index contributed by atoms with van der Waals surface area (Å²) in [5.41, 5.74) is 1.93. The monoisotopic (exact) mass is 333 g/mol. The number of ether oxygens (including phenoxy) is 1. The highest BCUT2D eigenvalue weighted by atomic mass is 35.5. The Balaban J connectivity index is 1.75. The van der Waals surface area contributed by atoms with E-state index >= 15 is 0 Å². The highest BCUT2D eigenvalue weighted by molar-refractivity contribution is 6.30. The zero-order chi connectivity index (χ0) is 16.5. The molecule has 2 aromatic rings. The maximum Gasteiger partial charge on any atom is 0.315 e. The van der Waals surface area contributed by atoms with Crippen molar-refractivity contribution in [2.24, 2.45) is 0 Å². The van der Waals surface area contributed by atoms with Crippen molar-refractivity contribution in [3.8, 4) is 5.88 Å². The fourth-order valence-corrected chi connectivity index (χ4v) is 2.29. The Kier molecular flexibility index (Phi) is 6.69. The molecule has 0 saturated carbocycles. The number of aromatic nitrogens is 1. The molecule has 6 heteroatoms. The predicted octanol–water partition coefficient (Wildman–Crippen LogP) is 3.18. The van der Waals surface area contributed by atoms with Gasteiger partial charge in [-0.05, 0) is 37.1 Å². The number of benzene rings is 1. The van der Waals surface area contributed by atoms with E-state index in [-0.39, 0.29) is 6.03 Å². The van der Waals surface area contributed by atoms with Gasteiger partial charge in [-0.3, -0.25) is 0 Å². The molecular weight excluding hydrogens is 314 g/mol. The molecule has 0 aliphatic heterocycles. The Morgan fingerprint density at radius 2 is 2.13 bits per heavy atom. The van der Waals surface area contributed by atoms with Crippen molar-refractivity contribution in [1.29, 1.82) is 0 Å². The Morgan fingerprint density at radius 1 is 1.26 bits per heavy atom. The Morgan fingerprint density at radius 3 is 2.91 bits per heavy atom. The summed E-state index contributed by atoms with van der Waals surface area (Å²) in [5.74, 6) is 0.550. The number of carbonyl (C=O) groups excluding carboxylic acids is 1. The zero-order valence-corrected chi connectivity index (χ0v) is 13.8. The molecule has 0 aliphatic rings. The van der Waals surface area contributed by atoms with Crippen molar-refractivity contribution in [2.75, 3.05) is 13.2 Å². The van der Waals surface area contributed by atoms with Gasteiger partial charge >= 0.3 is 6.03 Å². The van der Waals surface area contributed by atoms with Gasteiger partial charge in [-0.2, -0.15) is 0 Å². The Hall–Kier alpha value is -2.27. The first-order valence-corrected chi connectivity index (χ1v) is 7.89. The topological polar surface area (TPSA) is 63.2 Å². The minimum absolute atomic E-state index is 0.224. The van der Waals surface area contributed by atoms with Gasteiger partial charge in [-0.15, -0.1) is 0 Å². The summed E-state index contributed by atoms with van der Waals surface area (Å²) in [4.78, 5) is 16.0. The Labute approximate surface area is 141 Å². The van der Waals surface area contributed by atoms with Crippen LogP contribution >= 0.6 is 11.6 Å². The van der Waals surface area contributed by atoms with E-state index in [1.807, 2.05) is 43.3 Å². The van der Waals surface area contributed by atoms with E-state index in [2.05, 4.69) is 15.6 Å². The van der Waals surface area contributed by atoms with Gasteiger partial charge in [-0.1, -0.05) is 29.8 Å². The molecule has 1 aromatic heterocycles. The molecule has 0 fully saturated rings. The van der Waals surface area contributed by atoms with E-state index < -0.39 is 0 Å². The van der Waals surface area contributed by atoms with Crippen molar-refractivity contribution >= 4 is 17.6 Å². The van der Waals surface area contributed by atoms with Crippen molar-refractivity contribution in [2.45, 2.75) is 19.9 Å². The van der Waals surface area contributed by atoms with Gasteiger partial charge in [0.25, 0.3) is 0 Å². The lowest BCUT2D eigenvalue weighted by molar-refractivity contribution is 0.240. The number of hydrogen-bond donors (Lipinski definition) is 2. The van der Waals surface area contributed by atoms with Gasteiger partial charge in [0, 0.05) is 29.9 Å². The summed E-state index contributed by atoms with van der Waals surface area (Å²) in [7, 11) is 0. The highest BCUT2D eigenvalue weighted by Gasteiger charge is 2.06. The maximum absolute atomic E-state index is 11.8. The standard InChI is InChI=1S/C17H20ClN3O2/c1-2-23-16-14(6-4-9-19-16)12-21-17(22)20-10-8-13-5-3-7-15(18)11-13/h3-7,9,11H,2,8,10,12H2,1H3,(H2,20,21,22). The molecule has 1 heterocycles. The highest BCUT2D eigenvalue weighted by Crippen LogP contribution is 2.13. The summed E-state index contributed by atoms with van der Waals surface area (Å²) in [5, 5.41) is 6.32. The molecule has 5 nitrogen and oxygen atoms in total. The number of urea groups is 1. The minimum atomic E-state index is -0.224. The maximum atomic E-state index is 11.8. The lowest BCUT2D eigenvalue weighted by Gasteiger charge is -2.10. The normalized spacial score (nSPS) is 10.2. The smallest absolute Gasteiger partial charge is 0.315 e. The van der Waals surface area contributed by atoms with E-state index in [9.17, 15) is 4.79 Å². The van der Waals surface area contributed by atoms with E-state index in [4.69, 9.17) is 16.3 Å². The zero-order valence-electron chi connectivity index (χ0n) is 13.0. The van der Waals surface area contributed by atoms with Gasteiger partial charge in [0.1, 0.15) is 0 Å². The van der Waals surface area contributed by atoms with Crippen LogP contribution in [0, 0.1) is 0 Å². The van der Waals surface area contributed by atoms with Gasteiger partial charge in [0.2, 0.25) is 5.88 Å². The number of nitrogens with one attached hydrogen (secondary N) is 2. The van der Waals surface area contributed by atoms with Crippen molar-refractivity contribution < 1.29 is 9.53 Å². The second-order valence-corrected chi connectivity index (χ2v) is 5.33. The lowest BCUT2D eigenvalue weighted by Crippen LogP contribution is -2.36. The molecular formula is C17H20ClN3O2. The van der Waals surface area contributed by atoms with Crippen LogP contribution in [-0.2, 0) is 13.0 Å². The van der Waals surface area contributed by atoms with Crippen LogP contribution < -0.4 is 15.4 Å². The summed E-state index contributed by atoms with van der Waals surface area (Å²) in [6.45, 7) is 3.34. The van der Waals surface area contributed by atoms with E-state index in [1.54, 1.807) is 6.20 Å². The first kappa shape index (κ1) is 17.1. The number of nitrogens with zero attached hydrogens (tertiary/aromatic N) is 1. The molecule has 0 atom stereocenters. The molecule has 122 valence electrons. The predicted molar refractivity (Wildman–Crippen MR) is 90.8 cm³/mol. The van der Waals surface area contributed by atoms with Crippen LogP contribution in [0.2, 0.25) is 5.02 Å². The molecule has 2 amide bonds. The number of hydrogen-bond acceptors (Lipinski definition) is 3. The SMILES string of the molecule is CCOc1ncccc1CNC(=O)NCCc1cccc(Cl)c1.